The van der Waals surface area contributed by atoms with Gasteiger partial charge in [-0.25, -0.2) is 4.79 Å². The number of nitrogens with zero attached hydrogens (tertiary/aromatic N) is 2. The molecule has 1 aromatic heterocycles. The normalized spacial score (nSPS) is 12.2. The van der Waals surface area contributed by atoms with E-state index in [1.165, 1.54) is 6.08 Å². The van der Waals surface area contributed by atoms with Crippen molar-refractivity contribution < 1.29 is 18.7 Å². The van der Waals surface area contributed by atoms with Gasteiger partial charge < -0.3 is 13.9 Å². The number of carbonyl (C=O) groups is 1. The molecule has 0 unspecified atom stereocenters. The molecule has 6 nitrogen and oxygen atoms in total. The van der Waals surface area contributed by atoms with Gasteiger partial charge in [-0.05, 0) is 66.6 Å². The summed E-state index contributed by atoms with van der Waals surface area (Å²) < 4.78 is 16.3. The maximum Gasteiger partial charge on any atom is 0.331 e. The van der Waals surface area contributed by atoms with Crippen LogP contribution in [0.1, 0.15) is 30.0 Å². The van der Waals surface area contributed by atoms with Crippen LogP contribution in [0.5, 0.6) is 5.75 Å². The Balaban J connectivity index is 1.40. The highest BCUT2D eigenvalue weighted by Crippen LogP contribution is 2.24. The summed E-state index contributed by atoms with van der Waals surface area (Å²) in [6.07, 6.45) is 2.44. The van der Waals surface area contributed by atoms with Crippen LogP contribution < -0.4 is 4.74 Å². The third-order valence-electron chi connectivity index (χ3n) is 4.86. The Hall–Kier alpha value is -3.93. The van der Waals surface area contributed by atoms with Gasteiger partial charge in [0.2, 0.25) is 5.89 Å². The van der Waals surface area contributed by atoms with Gasteiger partial charge in [-0.3, -0.25) is 0 Å². The van der Waals surface area contributed by atoms with Gasteiger partial charge in [-0.2, -0.15) is 0 Å². The van der Waals surface area contributed by atoms with Crippen molar-refractivity contribution in [2.45, 2.75) is 20.0 Å². The van der Waals surface area contributed by atoms with E-state index >= 15 is 0 Å². The molecular weight excluding hydrogens is 392 g/mol. The predicted molar refractivity (Wildman–Crippen MR) is 119 cm³/mol. The second kappa shape index (κ2) is 8.83. The number of ether oxygens (including phenoxy) is 2. The number of methoxy groups -OCH3 is 1. The smallest absolute Gasteiger partial charge is 0.331 e. The lowest BCUT2D eigenvalue weighted by Gasteiger charge is -2.07. The molecule has 1 atom stereocenters. The highest BCUT2D eigenvalue weighted by Gasteiger charge is 2.18. The summed E-state index contributed by atoms with van der Waals surface area (Å²) in [5.41, 5.74) is 2.85. The number of aromatic nitrogens is 2. The summed E-state index contributed by atoms with van der Waals surface area (Å²) in [6, 6.07) is 19.5. The SMILES string of the molecule is COc1ccc2cc(/C=C/C(=O)O[C@@H](C)c3nnc(-c4ccc(C)cc4)o3)ccc2c1. The zero-order valence-corrected chi connectivity index (χ0v) is 17.5. The molecule has 0 bridgehead atoms. The molecule has 6 heteroatoms. The number of hydrogen-bond acceptors (Lipinski definition) is 6. The van der Waals surface area contributed by atoms with E-state index in [0.717, 1.165) is 33.2 Å². The first-order valence-corrected chi connectivity index (χ1v) is 9.89. The van der Waals surface area contributed by atoms with Crippen LogP contribution in [0.2, 0.25) is 0 Å². The molecule has 0 amide bonds. The molecule has 0 spiro atoms. The summed E-state index contributed by atoms with van der Waals surface area (Å²) in [7, 11) is 1.64. The Bertz CT molecular complexity index is 1240. The highest BCUT2D eigenvalue weighted by atomic mass is 16.6. The average molecular weight is 414 g/mol. The molecule has 0 saturated heterocycles. The highest BCUT2D eigenvalue weighted by molar-refractivity contribution is 5.90. The lowest BCUT2D eigenvalue weighted by molar-refractivity contribution is -0.143. The zero-order valence-electron chi connectivity index (χ0n) is 17.5. The fourth-order valence-electron chi connectivity index (χ4n) is 3.11. The number of fused-ring (bicyclic) bond motifs is 1. The summed E-state index contributed by atoms with van der Waals surface area (Å²) in [4.78, 5) is 12.2. The summed E-state index contributed by atoms with van der Waals surface area (Å²) in [6.45, 7) is 3.70. The molecule has 3 aromatic carbocycles. The first kappa shape index (κ1) is 20.3. The molecule has 4 rings (SSSR count). The molecule has 156 valence electrons. The fourth-order valence-corrected chi connectivity index (χ4v) is 3.11. The van der Waals surface area contributed by atoms with E-state index in [1.807, 2.05) is 67.6 Å². The van der Waals surface area contributed by atoms with Crippen LogP contribution in [0.4, 0.5) is 0 Å². The quantitative estimate of drug-likeness (QED) is 0.305. The maximum atomic E-state index is 12.2. The number of hydrogen-bond donors (Lipinski definition) is 0. The largest absolute Gasteiger partial charge is 0.497 e. The molecule has 1 heterocycles. The lowest BCUT2D eigenvalue weighted by Crippen LogP contribution is -2.06. The van der Waals surface area contributed by atoms with Crippen molar-refractivity contribution in [3.8, 4) is 17.2 Å². The van der Waals surface area contributed by atoms with Crippen molar-refractivity contribution in [1.82, 2.24) is 10.2 Å². The Morgan fingerprint density at radius 3 is 2.52 bits per heavy atom. The molecule has 0 aliphatic heterocycles. The van der Waals surface area contributed by atoms with Crippen molar-refractivity contribution in [2.75, 3.05) is 7.11 Å². The van der Waals surface area contributed by atoms with Crippen LogP contribution in [0, 0.1) is 6.92 Å². The van der Waals surface area contributed by atoms with Gasteiger partial charge in [0.15, 0.2) is 6.10 Å². The number of esters is 1. The van der Waals surface area contributed by atoms with Crippen LogP contribution >= 0.6 is 0 Å². The van der Waals surface area contributed by atoms with Crippen LogP contribution in [0.3, 0.4) is 0 Å². The molecule has 0 fully saturated rings. The van der Waals surface area contributed by atoms with Gasteiger partial charge in [-0.15, -0.1) is 10.2 Å². The molecule has 0 aliphatic rings. The molecule has 0 radical (unpaired) electrons. The van der Waals surface area contributed by atoms with Gasteiger partial charge in [0, 0.05) is 11.6 Å². The fraction of sp³-hybridized carbons (Fsp3) is 0.160. The van der Waals surface area contributed by atoms with Crippen LogP contribution in [-0.4, -0.2) is 23.3 Å². The molecular formula is C25H22N2O4. The Kier molecular flexibility index (Phi) is 5.80. The lowest BCUT2D eigenvalue weighted by atomic mass is 10.1. The minimum atomic E-state index is -0.659. The Morgan fingerprint density at radius 1 is 1.00 bits per heavy atom. The van der Waals surface area contributed by atoms with E-state index in [1.54, 1.807) is 20.1 Å². The molecule has 4 aromatic rings. The second-order valence-corrected chi connectivity index (χ2v) is 7.20. The average Bonchev–Trinajstić information content (AvgIpc) is 3.28. The number of rotatable bonds is 6. The van der Waals surface area contributed by atoms with Crippen LogP contribution in [0.25, 0.3) is 28.3 Å². The second-order valence-electron chi connectivity index (χ2n) is 7.20. The van der Waals surface area contributed by atoms with Crippen molar-refractivity contribution in [2.24, 2.45) is 0 Å². The maximum absolute atomic E-state index is 12.2. The Morgan fingerprint density at radius 2 is 1.74 bits per heavy atom. The Labute approximate surface area is 180 Å². The van der Waals surface area contributed by atoms with Gasteiger partial charge in [-0.1, -0.05) is 35.9 Å². The van der Waals surface area contributed by atoms with Crippen molar-refractivity contribution in [3.05, 3.63) is 83.8 Å². The van der Waals surface area contributed by atoms with E-state index in [9.17, 15) is 4.79 Å². The van der Waals surface area contributed by atoms with Crippen LogP contribution in [0.15, 0.2) is 71.2 Å². The van der Waals surface area contributed by atoms with Crippen molar-refractivity contribution in [1.29, 1.82) is 0 Å². The third-order valence-corrected chi connectivity index (χ3v) is 4.86. The first-order chi connectivity index (χ1) is 15.0. The van der Waals surface area contributed by atoms with Gasteiger partial charge in [0.1, 0.15) is 5.75 Å². The van der Waals surface area contributed by atoms with E-state index < -0.39 is 12.1 Å². The molecule has 0 saturated carbocycles. The minimum absolute atomic E-state index is 0.247. The predicted octanol–water partition coefficient (Wildman–Crippen LogP) is 5.52. The zero-order chi connectivity index (χ0) is 21.8. The van der Waals surface area contributed by atoms with Crippen molar-refractivity contribution in [3.63, 3.8) is 0 Å². The summed E-state index contributed by atoms with van der Waals surface area (Å²) in [5, 5.41) is 10.2. The number of aryl methyl sites for hydroxylation is 1. The van der Waals surface area contributed by atoms with Gasteiger partial charge in [0.25, 0.3) is 5.89 Å². The van der Waals surface area contributed by atoms with E-state index in [-0.39, 0.29) is 5.89 Å². The monoisotopic (exact) mass is 414 g/mol. The van der Waals surface area contributed by atoms with Gasteiger partial charge in [0.05, 0.1) is 7.11 Å². The van der Waals surface area contributed by atoms with E-state index in [0.29, 0.717) is 5.89 Å². The topological polar surface area (TPSA) is 74.5 Å². The van der Waals surface area contributed by atoms with Gasteiger partial charge >= 0.3 is 5.97 Å². The first-order valence-electron chi connectivity index (χ1n) is 9.89. The minimum Gasteiger partial charge on any atom is -0.497 e. The molecule has 0 N–H and O–H groups in total. The third kappa shape index (κ3) is 4.80. The summed E-state index contributed by atoms with van der Waals surface area (Å²) in [5.74, 6) is 0.954. The van der Waals surface area contributed by atoms with E-state index in [2.05, 4.69) is 10.2 Å². The summed E-state index contributed by atoms with van der Waals surface area (Å²) >= 11 is 0. The number of benzene rings is 3. The van der Waals surface area contributed by atoms with Crippen molar-refractivity contribution >= 4 is 22.8 Å². The standard InChI is InChI=1S/C25H22N2O4/c1-16-4-8-19(9-5-16)25-27-26-24(31-25)17(2)30-23(28)13-7-18-6-10-21-15-22(29-3)12-11-20(21)14-18/h4-15,17H,1-3H3/b13-7+/t17-/m0/s1. The molecule has 31 heavy (non-hydrogen) atoms. The van der Waals surface area contributed by atoms with E-state index in [4.69, 9.17) is 13.9 Å². The van der Waals surface area contributed by atoms with Crippen LogP contribution in [-0.2, 0) is 9.53 Å². The molecule has 0 aliphatic carbocycles. The number of carbonyl (C=O) groups excluding carboxylic acids is 1.